The summed E-state index contributed by atoms with van der Waals surface area (Å²) in [4.78, 5) is 0. The number of ether oxygens (including phenoxy) is 4. The Morgan fingerprint density at radius 1 is 1.06 bits per heavy atom. The van der Waals surface area contributed by atoms with E-state index in [1.807, 2.05) is 20.8 Å². The molecular weight excluding hydrogens is 208 g/mol. The molecule has 1 aliphatic heterocycles. The number of hydrogen-bond donors (Lipinski definition) is 0. The third kappa shape index (κ3) is 4.78. The summed E-state index contributed by atoms with van der Waals surface area (Å²) >= 11 is 0. The Labute approximate surface area is 98.2 Å². The van der Waals surface area contributed by atoms with Gasteiger partial charge in [0.25, 0.3) is 0 Å². The third-order valence-corrected chi connectivity index (χ3v) is 2.30. The first-order valence-corrected chi connectivity index (χ1v) is 6.28. The summed E-state index contributed by atoms with van der Waals surface area (Å²) in [6.07, 6.45) is 3.12. The van der Waals surface area contributed by atoms with Crippen LogP contribution in [0.4, 0.5) is 0 Å². The van der Waals surface area contributed by atoms with Crippen LogP contribution in [0.15, 0.2) is 0 Å². The van der Waals surface area contributed by atoms with Crippen molar-refractivity contribution < 1.29 is 18.9 Å². The van der Waals surface area contributed by atoms with Crippen LogP contribution in [0.5, 0.6) is 0 Å². The highest BCUT2D eigenvalue weighted by molar-refractivity contribution is 4.52. The van der Waals surface area contributed by atoms with E-state index in [9.17, 15) is 0 Å². The summed E-state index contributed by atoms with van der Waals surface area (Å²) in [6, 6.07) is 0. The first-order valence-electron chi connectivity index (χ1n) is 6.28. The Kier molecular flexibility index (Phi) is 6.28. The van der Waals surface area contributed by atoms with Crippen molar-refractivity contribution in [3.8, 4) is 0 Å². The van der Waals surface area contributed by atoms with Gasteiger partial charge in [-0.15, -0.1) is 0 Å². The largest absolute Gasteiger partial charge is 0.412 e. The van der Waals surface area contributed by atoms with Gasteiger partial charge < -0.3 is 18.9 Å². The molecule has 1 fully saturated rings. The third-order valence-electron chi connectivity index (χ3n) is 2.30. The van der Waals surface area contributed by atoms with Crippen molar-refractivity contribution in [1.82, 2.24) is 0 Å². The van der Waals surface area contributed by atoms with Gasteiger partial charge in [0.15, 0.2) is 0 Å². The lowest BCUT2D eigenvalue weighted by atomic mass is 10.2. The minimum atomic E-state index is -1.28. The Morgan fingerprint density at radius 2 is 1.62 bits per heavy atom. The van der Waals surface area contributed by atoms with E-state index >= 15 is 0 Å². The maximum Gasteiger partial charge on any atom is 0.412 e. The van der Waals surface area contributed by atoms with Crippen LogP contribution in [0.3, 0.4) is 0 Å². The highest BCUT2D eigenvalue weighted by Gasteiger charge is 2.36. The van der Waals surface area contributed by atoms with Crippen LogP contribution in [0, 0.1) is 0 Å². The molecule has 0 aromatic carbocycles. The van der Waals surface area contributed by atoms with E-state index in [0.717, 1.165) is 12.8 Å². The number of rotatable bonds is 4. The Hall–Kier alpha value is -0.160. The summed E-state index contributed by atoms with van der Waals surface area (Å²) < 4.78 is 22.4. The van der Waals surface area contributed by atoms with Gasteiger partial charge in [-0.05, 0) is 33.6 Å². The molecule has 0 atom stereocenters. The summed E-state index contributed by atoms with van der Waals surface area (Å²) in [6.45, 7) is 7.54. The van der Waals surface area contributed by atoms with E-state index in [2.05, 4.69) is 0 Å². The molecule has 1 aliphatic rings. The molecule has 0 unspecified atom stereocenters. The van der Waals surface area contributed by atoms with Crippen LogP contribution in [-0.2, 0) is 18.9 Å². The van der Waals surface area contributed by atoms with Crippen LogP contribution in [0.2, 0.25) is 0 Å². The minimum absolute atomic E-state index is 0.00676. The summed E-state index contributed by atoms with van der Waals surface area (Å²) in [5.74, 6) is 0. The molecule has 1 heterocycles. The zero-order valence-electron chi connectivity index (χ0n) is 10.7. The van der Waals surface area contributed by atoms with E-state index in [-0.39, 0.29) is 6.10 Å². The second-order valence-electron chi connectivity index (χ2n) is 4.21. The Morgan fingerprint density at radius 3 is 2.06 bits per heavy atom. The minimum Gasteiger partial charge on any atom is -0.304 e. The molecule has 4 heteroatoms. The molecule has 4 nitrogen and oxygen atoms in total. The molecule has 0 radical (unpaired) electrons. The Bertz CT molecular complexity index is 172. The van der Waals surface area contributed by atoms with Crippen LogP contribution in [-0.4, -0.2) is 32.1 Å². The van der Waals surface area contributed by atoms with Crippen molar-refractivity contribution in [3.63, 3.8) is 0 Å². The van der Waals surface area contributed by atoms with Gasteiger partial charge in [-0.3, -0.25) is 0 Å². The molecule has 0 aromatic rings. The Balaban J connectivity index is 2.60. The second kappa shape index (κ2) is 7.22. The first kappa shape index (κ1) is 13.9. The van der Waals surface area contributed by atoms with Crippen molar-refractivity contribution in [1.29, 1.82) is 0 Å². The van der Waals surface area contributed by atoms with Crippen molar-refractivity contribution in [2.24, 2.45) is 0 Å². The molecule has 0 aromatic heterocycles. The summed E-state index contributed by atoms with van der Waals surface area (Å²) in [5, 5.41) is 0. The van der Waals surface area contributed by atoms with Crippen LogP contribution >= 0.6 is 0 Å². The van der Waals surface area contributed by atoms with Crippen molar-refractivity contribution in [3.05, 3.63) is 0 Å². The fourth-order valence-corrected chi connectivity index (χ4v) is 1.64. The molecule has 1 saturated heterocycles. The lowest BCUT2D eigenvalue weighted by Gasteiger charge is -2.32. The molecule has 0 N–H and O–H groups in total. The second-order valence-corrected chi connectivity index (χ2v) is 4.21. The van der Waals surface area contributed by atoms with E-state index in [4.69, 9.17) is 18.9 Å². The van der Waals surface area contributed by atoms with Crippen molar-refractivity contribution in [2.75, 3.05) is 19.8 Å². The fourth-order valence-electron chi connectivity index (χ4n) is 1.64. The molecule has 16 heavy (non-hydrogen) atoms. The van der Waals surface area contributed by atoms with Gasteiger partial charge in [0.05, 0.1) is 25.9 Å². The van der Waals surface area contributed by atoms with E-state index in [0.29, 0.717) is 19.8 Å². The van der Waals surface area contributed by atoms with Gasteiger partial charge in [0.2, 0.25) is 0 Å². The maximum absolute atomic E-state index is 5.64. The quantitative estimate of drug-likeness (QED) is 0.698. The van der Waals surface area contributed by atoms with Crippen LogP contribution < -0.4 is 0 Å². The van der Waals surface area contributed by atoms with Gasteiger partial charge in [-0.1, -0.05) is 12.8 Å². The lowest BCUT2D eigenvalue weighted by molar-refractivity contribution is -0.504. The monoisotopic (exact) mass is 232 g/mol. The van der Waals surface area contributed by atoms with Crippen molar-refractivity contribution >= 4 is 0 Å². The SMILES string of the molecule is CCOC1(OC(C)C)OCCCCCCO1. The molecule has 96 valence electrons. The predicted molar refractivity (Wildman–Crippen MR) is 61.0 cm³/mol. The molecule has 0 saturated carbocycles. The fraction of sp³-hybridized carbons (Fsp3) is 1.00. The highest BCUT2D eigenvalue weighted by Crippen LogP contribution is 2.22. The predicted octanol–water partition coefficient (Wildman–Crippen LogP) is 2.67. The molecule has 1 rings (SSSR count). The van der Waals surface area contributed by atoms with E-state index in [1.165, 1.54) is 12.8 Å². The van der Waals surface area contributed by atoms with Gasteiger partial charge in [-0.2, -0.15) is 0 Å². The van der Waals surface area contributed by atoms with E-state index < -0.39 is 6.16 Å². The van der Waals surface area contributed by atoms with E-state index in [1.54, 1.807) is 0 Å². The molecule has 0 aliphatic carbocycles. The zero-order chi connectivity index (χ0) is 11.9. The topological polar surface area (TPSA) is 36.9 Å². The number of hydrogen-bond acceptors (Lipinski definition) is 4. The van der Waals surface area contributed by atoms with Gasteiger partial charge >= 0.3 is 6.16 Å². The molecular formula is C12H24O4. The average molecular weight is 232 g/mol. The van der Waals surface area contributed by atoms with Gasteiger partial charge in [-0.25, -0.2) is 0 Å². The van der Waals surface area contributed by atoms with Gasteiger partial charge in [0, 0.05) is 0 Å². The average Bonchev–Trinajstić information content (AvgIpc) is 2.30. The van der Waals surface area contributed by atoms with Crippen molar-refractivity contribution in [2.45, 2.75) is 58.7 Å². The molecule has 0 amide bonds. The highest BCUT2D eigenvalue weighted by atomic mass is 17.0. The van der Waals surface area contributed by atoms with Crippen LogP contribution in [0.25, 0.3) is 0 Å². The lowest BCUT2D eigenvalue weighted by Crippen LogP contribution is -2.44. The molecule has 0 spiro atoms. The van der Waals surface area contributed by atoms with Crippen LogP contribution in [0.1, 0.15) is 46.5 Å². The normalized spacial score (nSPS) is 22.5. The zero-order valence-corrected chi connectivity index (χ0v) is 10.7. The summed E-state index contributed by atoms with van der Waals surface area (Å²) in [7, 11) is 0. The summed E-state index contributed by atoms with van der Waals surface area (Å²) in [5.41, 5.74) is 0. The van der Waals surface area contributed by atoms with Gasteiger partial charge in [0.1, 0.15) is 0 Å². The smallest absolute Gasteiger partial charge is 0.304 e. The molecule has 0 bridgehead atoms. The maximum atomic E-state index is 5.64. The standard InChI is InChI=1S/C12H24O4/c1-4-13-12(16-11(2)3)14-9-7-5-6-8-10-15-12/h11H,4-10H2,1-3H3. The first-order chi connectivity index (χ1) is 7.68.